The summed E-state index contributed by atoms with van der Waals surface area (Å²) in [5, 5.41) is 7.56. The highest BCUT2D eigenvalue weighted by Gasteiger charge is 2.29. The fourth-order valence-corrected chi connectivity index (χ4v) is 3.93. The zero-order valence-electron chi connectivity index (χ0n) is 13.1. The second-order valence-corrected chi connectivity index (χ2v) is 6.84. The second-order valence-electron chi connectivity index (χ2n) is 5.90. The van der Waals surface area contributed by atoms with Crippen LogP contribution in [0.25, 0.3) is 11.4 Å². The van der Waals surface area contributed by atoms with Gasteiger partial charge in [-0.25, -0.2) is 9.97 Å². The third-order valence-electron chi connectivity index (χ3n) is 4.41. The Bertz CT molecular complexity index is 779. The van der Waals surface area contributed by atoms with Crippen LogP contribution in [0.4, 0.5) is 0 Å². The Morgan fingerprint density at radius 2 is 2.17 bits per heavy atom. The number of rotatable bonds is 4. The van der Waals surface area contributed by atoms with Crippen LogP contribution in [0.5, 0.6) is 0 Å². The van der Waals surface area contributed by atoms with Crippen LogP contribution in [-0.4, -0.2) is 31.6 Å². The Balaban J connectivity index is 1.55. The van der Waals surface area contributed by atoms with Crippen molar-refractivity contribution in [3.8, 4) is 11.4 Å². The Hall–Kier alpha value is -2.05. The van der Waals surface area contributed by atoms with Crippen molar-refractivity contribution in [3.05, 3.63) is 52.2 Å². The Kier molecular flexibility index (Phi) is 3.93. The highest BCUT2D eigenvalue weighted by molar-refractivity contribution is 7.09. The standard InChI is InChI=1S/C17H19N5S/c1-12-15(23-11-18-12)10-22-9-5-8-14(22)17-19-16(20-21-17)13-6-3-2-4-7-13/h2-4,6-7,11,14H,5,8-10H2,1H3,(H,19,20,21). The summed E-state index contributed by atoms with van der Waals surface area (Å²) in [5.41, 5.74) is 4.12. The van der Waals surface area contributed by atoms with Crippen LogP contribution in [0.1, 0.15) is 35.3 Å². The number of H-pyrrole nitrogens is 1. The summed E-state index contributed by atoms with van der Waals surface area (Å²) in [6, 6.07) is 10.4. The lowest BCUT2D eigenvalue weighted by Gasteiger charge is -2.21. The lowest BCUT2D eigenvalue weighted by Crippen LogP contribution is -2.23. The fourth-order valence-electron chi connectivity index (χ4n) is 3.13. The van der Waals surface area contributed by atoms with Crippen molar-refractivity contribution in [2.24, 2.45) is 0 Å². The zero-order valence-corrected chi connectivity index (χ0v) is 13.9. The minimum absolute atomic E-state index is 0.321. The van der Waals surface area contributed by atoms with Crippen LogP contribution in [0.3, 0.4) is 0 Å². The highest BCUT2D eigenvalue weighted by Crippen LogP contribution is 2.33. The number of aromatic amines is 1. The van der Waals surface area contributed by atoms with Gasteiger partial charge in [-0.1, -0.05) is 30.3 Å². The van der Waals surface area contributed by atoms with Gasteiger partial charge >= 0.3 is 0 Å². The molecule has 1 aromatic carbocycles. The maximum atomic E-state index is 4.74. The van der Waals surface area contributed by atoms with E-state index in [1.165, 1.54) is 11.3 Å². The van der Waals surface area contributed by atoms with Gasteiger partial charge < -0.3 is 0 Å². The van der Waals surface area contributed by atoms with Gasteiger partial charge in [0, 0.05) is 17.0 Å². The van der Waals surface area contributed by atoms with E-state index in [0.29, 0.717) is 6.04 Å². The van der Waals surface area contributed by atoms with Gasteiger partial charge in [-0.05, 0) is 26.3 Å². The number of aromatic nitrogens is 4. The topological polar surface area (TPSA) is 57.7 Å². The quantitative estimate of drug-likeness (QED) is 0.796. The molecule has 1 aliphatic heterocycles. The Morgan fingerprint density at radius 1 is 1.30 bits per heavy atom. The van der Waals surface area contributed by atoms with Crippen LogP contribution in [0, 0.1) is 6.92 Å². The molecule has 2 aromatic heterocycles. The molecule has 6 heteroatoms. The summed E-state index contributed by atoms with van der Waals surface area (Å²) in [7, 11) is 0. The van der Waals surface area contributed by atoms with Gasteiger partial charge in [0.25, 0.3) is 0 Å². The third-order valence-corrected chi connectivity index (χ3v) is 5.33. The largest absolute Gasteiger partial charge is 0.288 e. The molecule has 0 bridgehead atoms. The molecular weight excluding hydrogens is 306 g/mol. The van der Waals surface area contributed by atoms with E-state index in [1.54, 1.807) is 11.3 Å². The molecule has 1 N–H and O–H groups in total. The van der Waals surface area contributed by atoms with Crippen molar-refractivity contribution in [3.63, 3.8) is 0 Å². The van der Waals surface area contributed by atoms with E-state index < -0.39 is 0 Å². The van der Waals surface area contributed by atoms with Gasteiger partial charge in [-0.2, -0.15) is 5.10 Å². The van der Waals surface area contributed by atoms with E-state index >= 15 is 0 Å². The van der Waals surface area contributed by atoms with Gasteiger partial charge in [0.1, 0.15) is 5.82 Å². The Morgan fingerprint density at radius 3 is 2.96 bits per heavy atom. The molecule has 0 amide bonds. The number of aryl methyl sites for hydroxylation is 1. The van der Waals surface area contributed by atoms with E-state index in [-0.39, 0.29) is 0 Å². The molecule has 3 aromatic rings. The number of likely N-dealkylation sites (tertiary alicyclic amines) is 1. The maximum absolute atomic E-state index is 4.74. The monoisotopic (exact) mass is 325 g/mol. The average Bonchev–Trinajstić information content (AvgIpc) is 3.30. The molecule has 1 aliphatic rings. The van der Waals surface area contributed by atoms with E-state index in [9.17, 15) is 0 Å². The third kappa shape index (κ3) is 2.92. The minimum Gasteiger partial charge on any atom is -0.288 e. The number of benzene rings is 1. The highest BCUT2D eigenvalue weighted by atomic mass is 32.1. The number of thiazole rings is 1. The van der Waals surface area contributed by atoms with Crippen molar-refractivity contribution in [2.45, 2.75) is 32.4 Å². The first kappa shape index (κ1) is 14.5. The lowest BCUT2D eigenvalue weighted by atomic mass is 10.2. The van der Waals surface area contributed by atoms with Crippen LogP contribution >= 0.6 is 11.3 Å². The van der Waals surface area contributed by atoms with E-state index in [2.05, 4.69) is 27.0 Å². The summed E-state index contributed by atoms with van der Waals surface area (Å²) in [4.78, 5) is 12.9. The maximum Gasteiger partial charge on any atom is 0.181 e. The normalized spacial score (nSPS) is 18.6. The number of nitrogens with one attached hydrogen (secondary N) is 1. The molecule has 3 heterocycles. The van der Waals surface area contributed by atoms with Crippen LogP contribution in [0.15, 0.2) is 35.8 Å². The number of hydrogen-bond acceptors (Lipinski definition) is 5. The molecule has 23 heavy (non-hydrogen) atoms. The molecule has 0 radical (unpaired) electrons. The van der Waals surface area contributed by atoms with Crippen molar-refractivity contribution in [1.29, 1.82) is 0 Å². The van der Waals surface area contributed by atoms with E-state index in [4.69, 9.17) is 4.98 Å². The first-order chi connectivity index (χ1) is 11.3. The van der Waals surface area contributed by atoms with Crippen molar-refractivity contribution >= 4 is 11.3 Å². The molecule has 1 saturated heterocycles. The average molecular weight is 325 g/mol. The first-order valence-corrected chi connectivity index (χ1v) is 8.80. The minimum atomic E-state index is 0.321. The van der Waals surface area contributed by atoms with E-state index in [1.807, 2.05) is 35.8 Å². The second kappa shape index (κ2) is 6.22. The van der Waals surface area contributed by atoms with Gasteiger partial charge in [0.15, 0.2) is 5.82 Å². The summed E-state index contributed by atoms with van der Waals surface area (Å²) >= 11 is 1.74. The molecule has 0 aliphatic carbocycles. The number of nitrogens with zero attached hydrogens (tertiary/aromatic N) is 4. The predicted octanol–water partition coefficient (Wildman–Crippen LogP) is 3.57. The molecule has 1 fully saturated rings. The van der Waals surface area contributed by atoms with Gasteiger partial charge in [-0.3, -0.25) is 10.00 Å². The molecular formula is C17H19N5S. The SMILES string of the molecule is Cc1ncsc1CN1CCCC1c1nc(-c2ccccc2)n[nH]1. The van der Waals surface area contributed by atoms with Crippen LogP contribution < -0.4 is 0 Å². The lowest BCUT2D eigenvalue weighted by molar-refractivity contribution is 0.242. The summed E-state index contributed by atoms with van der Waals surface area (Å²) in [5.74, 6) is 1.75. The fraction of sp³-hybridized carbons (Fsp3) is 0.353. The van der Waals surface area contributed by atoms with Crippen molar-refractivity contribution in [2.75, 3.05) is 6.54 Å². The molecule has 5 nitrogen and oxygen atoms in total. The Labute approximate surface area is 139 Å². The molecule has 0 spiro atoms. The van der Waals surface area contributed by atoms with Gasteiger partial charge in [-0.15, -0.1) is 11.3 Å². The zero-order chi connectivity index (χ0) is 15.6. The molecule has 118 valence electrons. The van der Waals surface area contributed by atoms with Crippen LogP contribution in [-0.2, 0) is 6.54 Å². The predicted molar refractivity (Wildman–Crippen MR) is 91.1 cm³/mol. The summed E-state index contributed by atoms with van der Waals surface area (Å²) < 4.78 is 0. The van der Waals surface area contributed by atoms with Crippen LogP contribution in [0.2, 0.25) is 0 Å². The smallest absolute Gasteiger partial charge is 0.181 e. The number of hydrogen-bond donors (Lipinski definition) is 1. The van der Waals surface area contributed by atoms with E-state index in [0.717, 1.165) is 42.4 Å². The molecule has 1 unspecified atom stereocenters. The summed E-state index contributed by atoms with van der Waals surface area (Å²) in [6.07, 6.45) is 2.32. The van der Waals surface area contributed by atoms with Gasteiger partial charge in [0.05, 0.1) is 17.2 Å². The van der Waals surface area contributed by atoms with Gasteiger partial charge in [0.2, 0.25) is 0 Å². The first-order valence-electron chi connectivity index (χ1n) is 7.92. The van der Waals surface area contributed by atoms with Crippen molar-refractivity contribution in [1.82, 2.24) is 25.1 Å². The molecule has 4 rings (SSSR count). The summed E-state index contributed by atoms with van der Waals surface area (Å²) in [6.45, 7) is 4.13. The van der Waals surface area contributed by atoms with Crippen molar-refractivity contribution < 1.29 is 0 Å². The molecule has 1 atom stereocenters. The molecule has 0 saturated carbocycles.